The molecule has 0 unspecified atom stereocenters. The first-order chi connectivity index (χ1) is 24.5. The van der Waals surface area contributed by atoms with Gasteiger partial charge in [-0.1, -0.05) is 207 Å². The average Bonchev–Trinajstić information content (AvgIpc) is 3.11. The fourth-order valence-electron chi connectivity index (χ4n) is 6.50. The number of unbranched alkanes of at least 4 members (excludes halogenated alkanes) is 29. The number of hydrogen-bond acceptors (Lipinski definition) is 6. The smallest absolute Gasteiger partial charge is 0.306 e. The van der Waals surface area contributed by atoms with E-state index >= 15 is 0 Å². The maximum atomic E-state index is 12.6. The van der Waals surface area contributed by atoms with Gasteiger partial charge >= 0.3 is 17.9 Å². The summed E-state index contributed by atoms with van der Waals surface area (Å²) in [4.78, 5) is 37.5. The molecule has 0 bridgehead atoms. The van der Waals surface area contributed by atoms with Gasteiger partial charge in [-0.05, 0) is 19.3 Å². The van der Waals surface area contributed by atoms with Gasteiger partial charge in [-0.2, -0.15) is 0 Å². The van der Waals surface area contributed by atoms with Crippen molar-refractivity contribution in [3.05, 3.63) is 0 Å². The zero-order valence-electron chi connectivity index (χ0n) is 33.7. The third-order valence-corrected chi connectivity index (χ3v) is 9.86. The molecule has 0 aliphatic carbocycles. The zero-order valence-corrected chi connectivity index (χ0v) is 33.7. The quantitative estimate of drug-likeness (QED) is 0.0358. The molecule has 0 aliphatic heterocycles. The second-order valence-corrected chi connectivity index (χ2v) is 15.0. The second kappa shape index (κ2) is 40.2. The fourth-order valence-corrected chi connectivity index (χ4v) is 6.50. The third-order valence-electron chi connectivity index (χ3n) is 9.86. The van der Waals surface area contributed by atoms with Gasteiger partial charge in [-0.15, -0.1) is 0 Å². The lowest BCUT2D eigenvalue weighted by molar-refractivity contribution is -0.167. The first kappa shape index (κ1) is 48.4. The molecule has 296 valence electrons. The first-order valence-electron chi connectivity index (χ1n) is 22.0. The van der Waals surface area contributed by atoms with Gasteiger partial charge in [0.1, 0.15) is 13.2 Å². The van der Waals surface area contributed by atoms with Crippen LogP contribution in [-0.2, 0) is 28.6 Å². The van der Waals surface area contributed by atoms with E-state index in [2.05, 4.69) is 20.8 Å². The normalized spacial score (nSPS) is 11.8. The van der Waals surface area contributed by atoms with E-state index in [0.717, 1.165) is 57.8 Å². The molecule has 0 spiro atoms. The van der Waals surface area contributed by atoms with Crippen LogP contribution < -0.4 is 0 Å². The average molecular weight is 709 g/mol. The summed E-state index contributed by atoms with van der Waals surface area (Å²) in [6.07, 6.45) is 39.5. The summed E-state index contributed by atoms with van der Waals surface area (Å²) in [6.45, 7) is 6.60. The topological polar surface area (TPSA) is 78.9 Å². The van der Waals surface area contributed by atoms with E-state index in [9.17, 15) is 14.4 Å². The molecule has 0 aromatic heterocycles. The van der Waals surface area contributed by atoms with Gasteiger partial charge < -0.3 is 14.2 Å². The van der Waals surface area contributed by atoms with Crippen LogP contribution in [0.4, 0.5) is 0 Å². The molecule has 0 rings (SSSR count). The Balaban J connectivity index is 4.26. The summed E-state index contributed by atoms with van der Waals surface area (Å²) in [5.41, 5.74) is 0. The highest BCUT2D eigenvalue weighted by Gasteiger charge is 2.19. The Labute approximate surface area is 310 Å². The minimum Gasteiger partial charge on any atom is -0.462 e. The number of ether oxygens (including phenoxy) is 3. The van der Waals surface area contributed by atoms with E-state index in [1.807, 2.05) is 0 Å². The molecule has 0 aliphatic rings. The molecular weight excluding hydrogens is 624 g/mol. The first-order valence-corrected chi connectivity index (χ1v) is 22.0. The van der Waals surface area contributed by atoms with Crippen molar-refractivity contribution in [3.63, 3.8) is 0 Å². The van der Waals surface area contributed by atoms with Crippen molar-refractivity contribution >= 4 is 17.9 Å². The Kier molecular flexibility index (Phi) is 38.9. The van der Waals surface area contributed by atoms with Crippen molar-refractivity contribution in [1.29, 1.82) is 0 Å². The van der Waals surface area contributed by atoms with Gasteiger partial charge in [-0.3, -0.25) is 14.4 Å². The lowest BCUT2D eigenvalue weighted by Crippen LogP contribution is -2.30. The van der Waals surface area contributed by atoms with Crippen LogP contribution in [0.15, 0.2) is 0 Å². The van der Waals surface area contributed by atoms with Crippen molar-refractivity contribution in [1.82, 2.24) is 0 Å². The van der Waals surface area contributed by atoms with Crippen molar-refractivity contribution in [2.24, 2.45) is 0 Å². The molecule has 50 heavy (non-hydrogen) atoms. The molecule has 1 atom stereocenters. The highest BCUT2D eigenvalue weighted by molar-refractivity contribution is 5.71. The van der Waals surface area contributed by atoms with Crippen molar-refractivity contribution in [2.45, 2.75) is 252 Å². The van der Waals surface area contributed by atoms with Crippen LogP contribution in [0.2, 0.25) is 0 Å². The van der Waals surface area contributed by atoms with E-state index < -0.39 is 6.10 Å². The Morgan fingerprint density at radius 1 is 0.320 bits per heavy atom. The van der Waals surface area contributed by atoms with Gasteiger partial charge in [0.25, 0.3) is 0 Å². The van der Waals surface area contributed by atoms with E-state index in [0.29, 0.717) is 19.3 Å². The van der Waals surface area contributed by atoms with Gasteiger partial charge in [0, 0.05) is 19.3 Å². The lowest BCUT2D eigenvalue weighted by atomic mass is 10.0. The number of esters is 3. The molecule has 6 nitrogen and oxygen atoms in total. The summed E-state index contributed by atoms with van der Waals surface area (Å²) < 4.78 is 16.6. The molecule has 0 aromatic rings. The van der Waals surface area contributed by atoms with Crippen LogP contribution in [0.5, 0.6) is 0 Å². The lowest BCUT2D eigenvalue weighted by Gasteiger charge is -2.18. The second-order valence-electron chi connectivity index (χ2n) is 15.0. The largest absolute Gasteiger partial charge is 0.462 e. The molecule has 0 saturated carbocycles. The predicted octanol–water partition coefficient (Wildman–Crippen LogP) is 13.7. The Bertz CT molecular complexity index is 738. The van der Waals surface area contributed by atoms with Gasteiger partial charge in [0.15, 0.2) is 6.10 Å². The summed E-state index contributed by atoms with van der Waals surface area (Å²) in [7, 11) is 0. The number of rotatable bonds is 40. The number of hydrogen-bond donors (Lipinski definition) is 0. The number of carbonyl (C=O) groups excluding carboxylic acids is 3. The molecule has 0 N–H and O–H groups in total. The van der Waals surface area contributed by atoms with E-state index in [-0.39, 0.29) is 31.1 Å². The summed E-state index contributed by atoms with van der Waals surface area (Å²) in [5, 5.41) is 0. The standard InChI is InChI=1S/C44H84O6/c1-4-7-10-13-16-18-20-21-22-24-25-28-31-34-37-43(46)49-40-41(39-48-42(45)36-33-30-27-15-12-9-6-3)50-44(47)38-35-32-29-26-23-19-17-14-11-8-5-2/h41H,4-40H2,1-3H3/t41-/m0/s1. The molecule has 6 heteroatoms. The summed E-state index contributed by atoms with van der Waals surface area (Å²) >= 11 is 0. The predicted molar refractivity (Wildman–Crippen MR) is 210 cm³/mol. The zero-order chi connectivity index (χ0) is 36.6. The van der Waals surface area contributed by atoms with E-state index in [1.54, 1.807) is 0 Å². The Morgan fingerprint density at radius 2 is 0.540 bits per heavy atom. The summed E-state index contributed by atoms with van der Waals surface area (Å²) in [5.74, 6) is -0.861. The molecule has 0 radical (unpaired) electrons. The van der Waals surface area contributed by atoms with Crippen molar-refractivity contribution in [3.8, 4) is 0 Å². The molecular formula is C44H84O6. The fraction of sp³-hybridized carbons (Fsp3) is 0.932. The highest BCUT2D eigenvalue weighted by Crippen LogP contribution is 2.15. The van der Waals surface area contributed by atoms with Crippen LogP contribution >= 0.6 is 0 Å². The van der Waals surface area contributed by atoms with Crippen molar-refractivity contribution < 1.29 is 28.6 Å². The molecule has 0 amide bonds. The van der Waals surface area contributed by atoms with Crippen LogP contribution in [0.1, 0.15) is 245 Å². The third kappa shape index (κ3) is 37.7. The monoisotopic (exact) mass is 709 g/mol. The molecule has 0 fully saturated rings. The van der Waals surface area contributed by atoms with E-state index in [4.69, 9.17) is 14.2 Å². The molecule has 0 aromatic carbocycles. The minimum atomic E-state index is -0.756. The molecule has 0 heterocycles. The van der Waals surface area contributed by atoms with Crippen LogP contribution in [0, 0.1) is 0 Å². The van der Waals surface area contributed by atoms with Crippen molar-refractivity contribution in [2.75, 3.05) is 13.2 Å². The summed E-state index contributed by atoms with van der Waals surface area (Å²) in [6, 6.07) is 0. The maximum Gasteiger partial charge on any atom is 0.306 e. The maximum absolute atomic E-state index is 12.6. The molecule has 0 saturated heterocycles. The Hall–Kier alpha value is -1.59. The minimum absolute atomic E-state index is 0.0634. The highest BCUT2D eigenvalue weighted by atomic mass is 16.6. The SMILES string of the molecule is CCCCCCCCCCCCCCCCC(=O)OC[C@H](COC(=O)CCCCCCCCC)OC(=O)CCCCCCCCCCCCC. The van der Waals surface area contributed by atoms with Crippen LogP contribution in [0.3, 0.4) is 0 Å². The van der Waals surface area contributed by atoms with E-state index in [1.165, 1.54) is 148 Å². The van der Waals surface area contributed by atoms with Gasteiger partial charge in [0.2, 0.25) is 0 Å². The van der Waals surface area contributed by atoms with Gasteiger partial charge in [0.05, 0.1) is 0 Å². The van der Waals surface area contributed by atoms with Gasteiger partial charge in [-0.25, -0.2) is 0 Å². The number of carbonyl (C=O) groups is 3. The Morgan fingerprint density at radius 3 is 0.800 bits per heavy atom. The van der Waals surface area contributed by atoms with Crippen LogP contribution in [0.25, 0.3) is 0 Å². The van der Waals surface area contributed by atoms with Crippen LogP contribution in [-0.4, -0.2) is 37.2 Å².